The molecule has 10 rings (SSSR count). The van der Waals surface area contributed by atoms with Gasteiger partial charge in [0, 0.05) is 27.7 Å². The first-order valence-electron chi connectivity index (χ1n) is 19.2. The number of para-hydroxylation sites is 3. The molecule has 0 spiro atoms. The summed E-state index contributed by atoms with van der Waals surface area (Å²) < 4.78 is 2.39. The third kappa shape index (κ3) is 6.04. The first kappa shape index (κ1) is 33.2. The molecule has 2 heteroatoms. The van der Waals surface area contributed by atoms with Crippen molar-refractivity contribution in [3.63, 3.8) is 0 Å². The Bertz CT molecular complexity index is 2870. The summed E-state index contributed by atoms with van der Waals surface area (Å²) in [5.74, 6) is 0. The van der Waals surface area contributed by atoms with E-state index in [2.05, 4.69) is 240 Å². The van der Waals surface area contributed by atoms with E-state index in [1.165, 1.54) is 66.3 Å². The lowest BCUT2D eigenvalue weighted by molar-refractivity contribution is 1.18. The summed E-state index contributed by atoms with van der Waals surface area (Å²) in [4.78, 5) is 2.45. The standard InChI is InChI=1S/C54H38N2/c1-5-18-39(19-6-1)43-36-44(40-20-7-2-8-21-40)38-45(37-43)41-32-34-47(35-33-41)56(50-28-15-13-26-48(50)42-22-9-3-10-23-42)53-31-17-30-52-54(53)49-27-14-16-29-51(49)55(52)46-24-11-4-12-25-46/h1-38H. The van der Waals surface area contributed by atoms with Crippen LogP contribution < -0.4 is 4.90 Å². The molecule has 0 unspecified atom stereocenters. The Hall–Kier alpha value is -7.42. The Kier molecular flexibility index (Phi) is 8.55. The summed E-state index contributed by atoms with van der Waals surface area (Å²) in [7, 11) is 0. The average Bonchev–Trinajstić information content (AvgIpc) is 3.63. The Labute approximate surface area is 327 Å². The summed E-state index contributed by atoms with van der Waals surface area (Å²) >= 11 is 0. The molecule has 1 heterocycles. The van der Waals surface area contributed by atoms with Gasteiger partial charge in [-0.3, -0.25) is 0 Å². The molecule has 0 bridgehead atoms. The van der Waals surface area contributed by atoms with Crippen LogP contribution in [-0.2, 0) is 0 Å². The third-order valence-corrected chi connectivity index (χ3v) is 10.8. The van der Waals surface area contributed by atoms with Gasteiger partial charge in [0.2, 0.25) is 0 Å². The Balaban J connectivity index is 1.18. The van der Waals surface area contributed by atoms with E-state index in [4.69, 9.17) is 0 Å². The van der Waals surface area contributed by atoms with Gasteiger partial charge in [-0.25, -0.2) is 0 Å². The number of nitrogens with zero attached hydrogens (tertiary/aromatic N) is 2. The summed E-state index contributed by atoms with van der Waals surface area (Å²) in [6.07, 6.45) is 0. The van der Waals surface area contributed by atoms with Gasteiger partial charge in [-0.05, 0) is 106 Å². The van der Waals surface area contributed by atoms with Gasteiger partial charge in [0.15, 0.2) is 0 Å². The van der Waals surface area contributed by atoms with Crippen LogP contribution in [0.15, 0.2) is 231 Å². The van der Waals surface area contributed by atoms with Gasteiger partial charge in [-0.15, -0.1) is 0 Å². The Morgan fingerprint density at radius 3 is 1.39 bits per heavy atom. The molecule has 56 heavy (non-hydrogen) atoms. The lowest BCUT2D eigenvalue weighted by Crippen LogP contribution is -2.11. The zero-order valence-electron chi connectivity index (χ0n) is 30.8. The van der Waals surface area contributed by atoms with Crippen molar-refractivity contribution in [2.75, 3.05) is 4.90 Å². The zero-order valence-corrected chi connectivity index (χ0v) is 30.8. The zero-order chi connectivity index (χ0) is 37.3. The molecule has 0 saturated heterocycles. The third-order valence-electron chi connectivity index (χ3n) is 10.8. The lowest BCUT2D eigenvalue weighted by atomic mass is 9.93. The molecule has 0 amide bonds. The maximum absolute atomic E-state index is 2.45. The molecule has 9 aromatic carbocycles. The van der Waals surface area contributed by atoms with Crippen LogP contribution >= 0.6 is 0 Å². The van der Waals surface area contributed by atoms with Gasteiger partial charge in [0.1, 0.15) is 0 Å². The Morgan fingerprint density at radius 2 is 0.768 bits per heavy atom. The molecule has 2 nitrogen and oxygen atoms in total. The molecule has 0 saturated carbocycles. The average molecular weight is 715 g/mol. The van der Waals surface area contributed by atoms with E-state index in [9.17, 15) is 0 Å². The molecule has 0 aliphatic heterocycles. The molecule has 0 radical (unpaired) electrons. The first-order valence-corrected chi connectivity index (χ1v) is 19.2. The fourth-order valence-electron chi connectivity index (χ4n) is 8.17. The van der Waals surface area contributed by atoms with Gasteiger partial charge in [-0.1, -0.05) is 164 Å². The number of benzene rings is 9. The topological polar surface area (TPSA) is 8.17 Å². The molecule has 0 N–H and O–H groups in total. The van der Waals surface area contributed by atoms with Crippen LogP contribution in [0.2, 0.25) is 0 Å². The molecule has 10 aromatic rings. The molecule has 1 aromatic heterocycles. The summed E-state index contributed by atoms with van der Waals surface area (Å²) in [6.45, 7) is 0. The van der Waals surface area contributed by atoms with Gasteiger partial charge in [0.05, 0.1) is 22.4 Å². The van der Waals surface area contributed by atoms with Crippen molar-refractivity contribution < 1.29 is 0 Å². The van der Waals surface area contributed by atoms with Crippen LogP contribution in [0.5, 0.6) is 0 Å². The number of hydrogen-bond donors (Lipinski definition) is 0. The van der Waals surface area contributed by atoms with Gasteiger partial charge in [-0.2, -0.15) is 0 Å². The maximum atomic E-state index is 2.45. The van der Waals surface area contributed by atoms with E-state index in [1.807, 2.05) is 0 Å². The molecular weight excluding hydrogens is 677 g/mol. The molecule has 264 valence electrons. The molecule has 0 atom stereocenters. The number of fused-ring (bicyclic) bond motifs is 3. The van der Waals surface area contributed by atoms with E-state index in [-0.39, 0.29) is 0 Å². The first-order chi connectivity index (χ1) is 27.8. The minimum absolute atomic E-state index is 1.09. The van der Waals surface area contributed by atoms with Crippen molar-refractivity contribution in [2.24, 2.45) is 0 Å². The van der Waals surface area contributed by atoms with Gasteiger partial charge >= 0.3 is 0 Å². The minimum atomic E-state index is 1.09. The van der Waals surface area contributed by atoms with Crippen LogP contribution in [-0.4, -0.2) is 4.57 Å². The van der Waals surface area contributed by atoms with Crippen LogP contribution in [0.4, 0.5) is 17.1 Å². The molecule has 0 aliphatic carbocycles. The number of hydrogen-bond acceptors (Lipinski definition) is 1. The SMILES string of the molecule is c1ccc(-c2cc(-c3ccccc3)cc(-c3ccc(N(c4ccccc4-c4ccccc4)c4cccc5c4c4ccccc4n5-c4ccccc4)cc3)c2)cc1. The molecule has 0 aliphatic rings. The minimum Gasteiger partial charge on any atom is -0.309 e. The lowest BCUT2D eigenvalue weighted by Gasteiger charge is -2.29. The van der Waals surface area contributed by atoms with E-state index in [0.29, 0.717) is 0 Å². The van der Waals surface area contributed by atoms with Crippen molar-refractivity contribution in [1.29, 1.82) is 0 Å². The monoisotopic (exact) mass is 714 g/mol. The number of anilines is 3. The fourth-order valence-corrected chi connectivity index (χ4v) is 8.17. The van der Waals surface area contributed by atoms with Crippen molar-refractivity contribution in [3.8, 4) is 50.2 Å². The molecule has 0 fully saturated rings. The van der Waals surface area contributed by atoms with E-state index < -0.39 is 0 Å². The highest BCUT2D eigenvalue weighted by atomic mass is 15.1. The second-order valence-corrected chi connectivity index (χ2v) is 14.2. The number of aromatic nitrogens is 1. The predicted molar refractivity (Wildman–Crippen MR) is 237 cm³/mol. The second-order valence-electron chi connectivity index (χ2n) is 14.2. The van der Waals surface area contributed by atoms with Crippen molar-refractivity contribution in [2.45, 2.75) is 0 Å². The highest BCUT2D eigenvalue weighted by molar-refractivity contribution is 6.17. The molecular formula is C54H38N2. The fraction of sp³-hybridized carbons (Fsp3) is 0. The quantitative estimate of drug-likeness (QED) is 0.152. The predicted octanol–water partition coefficient (Wildman–Crippen LogP) is 14.9. The Morgan fingerprint density at radius 1 is 0.304 bits per heavy atom. The van der Waals surface area contributed by atoms with Gasteiger partial charge < -0.3 is 9.47 Å². The van der Waals surface area contributed by atoms with Crippen LogP contribution in [0.25, 0.3) is 72.0 Å². The largest absolute Gasteiger partial charge is 0.309 e. The highest BCUT2D eigenvalue weighted by Gasteiger charge is 2.23. The smallest absolute Gasteiger partial charge is 0.0562 e. The van der Waals surface area contributed by atoms with Crippen molar-refractivity contribution in [3.05, 3.63) is 231 Å². The van der Waals surface area contributed by atoms with Crippen LogP contribution in [0.3, 0.4) is 0 Å². The van der Waals surface area contributed by atoms with Crippen molar-refractivity contribution >= 4 is 38.9 Å². The normalized spacial score (nSPS) is 11.2. The summed E-state index contributed by atoms with van der Waals surface area (Å²) in [5.41, 5.74) is 16.3. The maximum Gasteiger partial charge on any atom is 0.0562 e. The summed E-state index contributed by atoms with van der Waals surface area (Å²) in [5, 5.41) is 2.42. The van der Waals surface area contributed by atoms with E-state index in [0.717, 1.165) is 22.7 Å². The van der Waals surface area contributed by atoms with Gasteiger partial charge in [0.25, 0.3) is 0 Å². The van der Waals surface area contributed by atoms with Crippen LogP contribution in [0.1, 0.15) is 0 Å². The van der Waals surface area contributed by atoms with Crippen LogP contribution in [0, 0.1) is 0 Å². The second kappa shape index (κ2) is 14.4. The van der Waals surface area contributed by atoms with E-state index >= 15 is 0 Å². The summed E-state index contributed by atoms with van der Waals surface area (Å²) in [6, 6.07) is 83.1. The highest BCUT2D eigenvalue weighted by Crippen LogP contribution is 2.47. The number of rotatable bonds is 8. The van der Waals surface area contributed by atoms with Crippen molar-refractivity contribution in [1.82, 2.24) is 4.57 Å². The van der Waals surface area contributed by atoms with E-state index in [1.54, 1.807) is 0 Å².